The van der Waals surface area contributed by atoms with E-state index >= 15 is 0 Å². The van der Waals surface area contributed by atoms with Crippen LogP contribution in [0.1, 0.15) is 51.3 Å². The number of nitrogens with two attached hydrogens (primary N) is 1. The molecule has 1 fully saturated rings. The topological polar surface area (TPSA) is 54.7 Å². The van der Waals surface area contributed by atoms with Gasteiger partial charge in [0, 0.05) is 16.7 Å². The second-order valence-electron chi connectivity index (χ2n) is 5.07. The lowest BCUT2D eigenvalue weighted by Crippen LogP contribution is -2.08. The summed E-state index contributed by atoms with van der Waals surface area (Å²) in [6.45, 7) is 8.90. The second kappa shape index (κ2) is 2.75. The molecule has 2 atom stereocenters. The summed E-state index contributed by atoms with van der Waals surface area (Å²) in [5, 5.41) is 7.24. The Labute approximate surface area is 85.1 Å². The summed E-state index contributed by atoms with van der Waals surface area (Å²) in [6.07, 6.45) is 1.24. The van der Waals surface area contributed by atoms with Gasteiger partial charge in [-0.1, -0.05) is 27.7 Å². The maximum atomic E-state index is 5.87. The average Bonchev–Trinajstić information content (AvgIpc) is 2.56. The van der Waals surface area contributed by atoms with E-state index in [0.29, 0.717) is 17.2 Å². The van der Waals surface area contributed by atoms with Crippen LogP contribution in [0.3, 0.4) is 0 Å². The zero-order chi connectivity index (χ0) is 10.5. The molecule has 0 radical (unpaired) electrons. The minimum Gasteiger partial charge on any atom is -0.382 e. The second-order valence-corrected chi connectivity index (χ2v) is 5.07. The first-order chi connectivity index (χ1) is 6.47. The van der Waals surface area contributed by atoms with Crippen molar-refractivity contribution in [3.63, 3.8) is 0 Å². The van der Waals surface area contributed by atoms with E-state index < -0.39 is 0 Å². The molecule has 1 aliphatic rings. The standard InChI is InChI=1S/C11H19N3/c1-6(2)8-9(13-14-10(8)12)11(4)5-7(11)3/h6-7H,5H2,1-4H3,(H3,12,13,14). The highest BCUT2D eigenvalue weighted by Crippen LogP contribution is 2.55. The minimum atomic E-state index is 0.296. The SMILES string of the molecule is CC(C)c1c(N)n[nH]c1C1(C)CC1C. The first-order valence-corrected chi connectivity index (χ1v) is 5.31. The molecule has 3 nitrogen and oxygen atoms in total. The fraction of sp³-hybridized carbons (Fsp3) is 0.727. The Balaban J connectivity index is 2.44. The molecule has 0 spiro atoms. The summed E-state index contributed by atoms with van der Waals surface area (Å²) >= 11 is 0. The fourth-order valence-corrected chi connectivity index (χ4v) is 2.31. The first kappa shape index (κ1) is 9.56. The van der Waals surface area contributed by atoms with Crippen LogP contribution in [0.4, 0.5) is 5.82 Å². The average molecular weight is 193 g/mol. The molecule has 78 valence electrons. The van der Waals surface area contributed by atoms with E-state index in [1.165, 1.54) is 17.7 Å². The summed E-state index contributed by atoms with van der Waals surface area (Å²) in [6, 6.07) is 0. The number of nitrogens with one attached hydrogen (secondary N) is 1. The number of hydrogen-bond acceptors (Lipinski definition) is 2. The predicted molar refractivity (Wildman–Crippen MR) is 58.2 cm³/mol. The third-order valence-electron chi connectivity index (χ3n) is 3.64. The van der Waals surface area contributed by atoms with Crippen LogP contribution in [-0.4, -0.2) is 10.2 Å². The predicted octanol–water partition coefficient (Wildman–Crippen LogP) is 2.41. The highest BCUT2D eigenvalue weighted by Gasteiger charge is 2.50. The highest BCUT2D eigenvalue weighted by molar-refractivity contribution is 5.49. The van der Waals surface area contributed by atoms with Crippen LogP contribution in [0.25, 0.3) is 0 Å². The molecule has 0 aromatic carbocycles. The van der Waals surface area contributed by atoms with Gasteiger partial charge in [0.25, 0.3) is 0 Å². The molecule has 0 amide bonds. The van der Waals surface area contributed by atoms with Crippen molar-refractivity contribution < 1.29 is 0 Å². The lowest BCUT2D eigenvalue weighted by molar-refractivity contribution is 0.655. The van der Waals surface area contributed by atoms with Crippen molar-refractivity contribution >= 4 is 5.82 Å². The Kier molecular flexibility index (Phi) is 1.88. The number of nitrogen functional groups attached to an aromatic ring is 1. The van der Waals surface area contributed by atoms with Crippen molar-refractivity contribution in [2.24, 2.45) is 5.92 Å². The number of rotatable bonds is 2. The van der Waals surface area contributed by atoms with Gasteiger partial charge in [0.15, 0.2) is 0 Å². The van der Waals surface area contributed by atoms with Crippen molar-refractivity contribution in [2.75, 3.05) is 5.73 Å². The lowest BCUT2D eigenvalue weighted by Gasteiger charge is -2.13. The van der Waals surface area contributed by atoms with E-state index in [2.05, 4.69) is 37.9 Å². The van der Waals surface area contributed by atoms with Gasteiger partial charge in [0.1, 0.15) is 5.82 Å². The van der Waals surface area contributed by atoms with Gasteiger partial charge in [-0.25, -0.2) is 0 Å². The first-order valence-electron chi connectivity index (χ1n) is 5.31. The number of aromatic nitrogens is 2. The van der Waals surface area contributed by atoms with E-state index in [0.717, 1.165) is 5.92 Å². The summed E-state index contributed by atoms with van der Waals surface area (Å²) in [4.78, 5) is 0. The van der Waals surface area contributed by atoms with Crippen LogP contribution in [0.5, 0.6) is 0 Å². The summed E-state index contributed by atoms with van der Waals surface area (Å²) in [7, 11) is 0. The number of hydrogen-bond donors (Lipinski definition) is 2. The third-order valence-corrected chi connectivity index (χ3v) is 3.64. The number of nitrogens with zero attached hydrogens (tertiary/aromatic N) is 1. The molecule has 0 saturated heterocycles. The largest absolute Gasteiger partial charge is 0.382 e. The van der Waals surface area contributed by atoms with Crippen molar-refractivity contribution in [3.05, 3.63) is 11.3 Å². The molecule has 2 unspecified atom stereocenters. The lowest BCUT2D eigenvalue weighted by atomic mass is 9.92. The maximum absolute atomic E-state index is 5.87. The van der Waals surface area contributed by atoms with E-state index in [-0.39, 0.29) is 0 Å². The van der Waals surface area contributed by atoms with Gasteiger partial charge in [-0.15, -0.1) is 0 Å². The van der Waals surface area contributed by atoms with Gasteiger partial charge in [-0.2, -0.15) is 5.10 Å². The van der Waals surface area contributed by atoms with Crippen LogP contribution in [0, 0.1) is 5.92 Å². The molecule has 1 saturated carbocycles. The number of aromatic amines is 1. The van der Waals surface area contributed by atoms with E-state index in [1.54, 1.807) is 0 Å². The summed E-state index contributed by atoms with van der Waals surface area (Å²) < 4.78 is 0. The quantitative estimate of drug-likeness (QED) is 0.757. The maximum Gasteiger partial charge on any atom is 0.148 e. The Bertz CT molecular complexity index is 353. The molecular formula is C11H19N3. The number of anilines is 1. The van der Waals surface area contributed by atoms with Crippen molar-refractivity contribution in [2.45, 2.75) is 45.4 Å². The summed E-state index contributed by atoms with van der Waals surface area (Å²) in [5.41, 5.74) is 8.65. The molecule has 1 aliphatic carbocycles. The Morgan fingerprint density at radius 1 is 1.57 bits per heavy atom. The van der Waals surface area contributed by atoms with Gasteiger partial charge < -0.3 is 5.73 Å². The van der Waals surface area contributed by atoms with Crippen LogP contribution in [0.15, 0.2) is 0 Å². The zero-order valence-corrected chi connectivity index (χ0v) is 9.39. The van der Waals surface area contributed by atoms with Gasteiger partial charge in [-0.05, 0) is 18.3 Å². The van der Waals surface area contributed by atoms with Crippen LogP contribution < -0.4 is 5.73 Å². The van der Waals surface area contributed by atoms with Crippen LogP contribution >= 0.6 is 0 Å². The van der Waals surface area contributed by atoms with E-state index in [9.17, 15) is 0 Å². The highest BCUT2D eigenvalue weighted by atomic mass is 15.2. The van der Waals surface area contributed by atoms with Crippen LogP contribution in [-0.2, 0) is 5.41 Å². The smallest absolute Gasteiger partial charge is 0.148 e. The minimum absolute atomic E-state index is 0.296. The molecule has 0 bridgehead atoms. The molecule has 2 rings (SSSR count). The van der Waals surface area contributed by atoms with E-state index in [4.69, 9.17) is 5.73 Å². The Hall–Kier alpha value is -0.990. The summed E-state index contributed by atoms with van der Waals surface area (Å²) in [5.74, 6) is 1.88. The van der Waals surface area contributed by atoms with Crippen molar-refractivity contribution in [1.29, 1.82) is 0 Å². The van der Waals surface area contributed by atoms with Gasteiger partial charge in [-0.3, -0.25) is 5.10 Å². The van der Waals surface area contributed by atoms with Crippen LogP contribution in [0.2, 0.25) is 0 Å². The third kappa shape index (κ3) is 1.15. The van der Waals surface area contributed by atoms with Gasteiger partial charge in [0.05, 0.1) is 0 Å². The monoisotopic (exact) mass is 193 g/mol. The van der Waals surface area contributed by atoms with E-state index in [1.807, 2.05) is 0 Å². The number of H-pyrrole nitrogens is 1. The molecule has 3 heteroatoms. The Morgan fingerprint density at radius 3 is 2.57 bits per heavy atom. The normalized spacial score (nSPS) is 31.1. The van der Waals surface area contributed by atoms with Gasteiger partial charge in [0.2, 0.25) is 0 Å². The molecule has 1 aromatic heterocycles. The molecular weight excluding hydrogens is 174 g/mol. The zero-order valence-electron chi connectivity index (χ0n) is 9.39. The van der Waals surface area contributed by atoms with Crippen molar-refractivity contribution in [3.8, 4) is 0 Å². The molecule has 1 aromatic rings. The fourth-order valence-electron chi connectivity index (χ4n) is 2.31. The Morgan fingerprint density at radius 2 is 2.14 bits per heavy atom. The molecule has 14 heavy (non-hydrogen) atoms. The molecule has 1 heterocycles. The van der Waals surface area contributed by atoms with Crippen molar-refractivity contribution in [1.82, 2.24) is 10.2 Å². The molecule has 3 N–H and O–H groups in total. The molecule has 0 aliphatic heterocycles. The van der Waals surface area contributed by atoms with Gasteiger partial charge >= 0.3 is 0 Å².